The van der Waals surface area contributed by atoms with Gasteiger partial charge < -0.3 is 0 Å². The van der Waals surface area contributed by atoms with Gasteiger partial charge in [0.2, 0.25) is 6.17 Å². The third-order valence-corrected chi connectivity index (χ3v) is 2.53. The second-order valence-electron chi connectivity index (χ2n) is 2.71. The SMILES string of the molecule is Cc1nnnn1C(N=O)c1ccsc1. The average molecular weight is 209 g/mol. The topological polar surface area (TPSA) is 73.0 Å². The number of hydrogen-bond acceptors (Lipinski definition) is 6. The molecule has 0 bridgehead atoms. The molecule has 2 aromatic rings. The molecule has 2 aromatic heterocycles. The van der Waals surface area contributed by atoms with Crippen molar-refractivity contribution in [2.75, 3.05) is 0 Å². The van der Waals surface area contributed by atoms with Crippen LogP contribution in [0.3, 0.4) is 0 Å². The van der Waals surface area contributed by atoms with Gasteiger partial charge >= 0.3 is 0 Å². The van der Waals surface area contributed by atoms with Crippen LogP contribution in [0.15, 0.2) is 22.0 Å². The molecule has 0 N–H and O–H groups in total. The zero-order valence-corrected chi connectivity index (χ0v) is 8.18. The monoisotopic (exact) mass is 209 g/mol. The Morgan fingerprint density at radius 2 is 2.50 bits per heavy atom. The van der Waals surface area contributed by atoms with Crippen molar-refractivity contribution < 1.29 is 0 Å². The summed E-state index contributed by atoms with van der Waals surface area (Å²) in [5.41, 5.74) is 0.806. The standard InChI is InChI=1S/C7H7N5OS/c1-5-8-10-11-12(5)7(9-13)6-2-3-14-4-6/h2-4,7H,1H3. The van der Waals surface area contributed by atoms with Crippen LogP contribution in [0.5, 0.6) is 0 Å². The highest BCUT2D eigenvalue weighted by atomic mass is 32.1. The Hall–Kier alpha value is -1.63. The van der Waals surface area contributed by atoms with Crippen molar-refractivity contribution in [3.05, 3.63) is 33.1 Å². The van der Waals surface area contributed by atoms with Crippen LogP contribution in [0.1, 0.15) is 17.6 Å². The van der Waals surface area contributed by atoms with Crippen molar-refractivity contribution in [2.45, 2.75) is 13.1 Å². The lowest BCUT2D eigenvalue weighted by Gasteiger charge is -2.06. The van der Waals surface area contributed by atoms with Crippen LogP contribution in [0, 0.1) is 11.8 Å². The minimum atomic E-state index is -0.656. The summed E-state index contributed by atoms with van der Waals surface area (Å²) in [5, 5.41) is 17.6. The number of aryl methyl sites for hydroxylation is 1. The fraction of sp³-hybridized carbons (Fsp3) is 0.286. The van der Waals surface area contributed by atoms with Crippen molar-refractivity contribution in [2.24, 2.45) is 5.18 Å². The Balaban J connectivity index is 2.41. The summed E-state index contributed by atoms with van der Waals surface area (Å²) in [4.78, 5) is 10.7. The highest BCUT2D eigenvalue weighted by molar-refractivity contribution is 7.07. The molecule has 2 heterocycles. The average Bonchev–Trinajstić information content (AvgIpc) is 2.80. The lowest BCUT2D eigenvalue weighted by atomic mass is 10.3. The van der Waals surface area contributed by atoms with Gasteiger partial charge in [-0.2, -0.15) is 16.0 Å². The van der Waals surface area contributed by atoms with Crippen LogP contribution in [0.25, 0.3) is 0 Å². The van der Waals surface area contributed by atoms with E-state index in [0.29, 0.717) is 5.82 Å². The minimum Gasteiger partial charge on any atom is -0.197 e. The first-order valence-electron chi connectivity index (χ1n) is 3.92. The van der Waals surface area contributed by atoms with Gasteiger partial charge in [0.25, 0.3) is 0 Å². The van der Waals surface area contributed by atoms with Crippen molar-refractivity contribution in [1.82, 2.24) is 20.2 Å². The fourth-order valence-corrected chi connectivity index (χ4v) is 1.80. The summed E-state index contributed by atoms with van der Waals surface area (Å²) in [6, 6.07) is 1.83. The first kappa shape index (κ1) is 8.95. The van der Waals surface area contributed by atoms with Gasteiger partial charge in [-0.1, -0.05) is 0 Å². The van der Waals surface area contributed by atoms with E-state index in [1.807, 2.05) is 16.8 Å². The van der Waals surface area contributed by atoms with E-state index in [1.165, 1.54) is 16.0 Å². The summed E-state index contributed by atoms with van der Waals surface area (Å²) in [6.45, 7) is 1.73. The third kappa shape index (κ3) is 1.41. The number of thiophene rings is 1. The molecule has 1 atom stereocenters. The molecule has 0 aliphatic heterocycles. The Morgan fingerprint density at radius 1 is 1.64 bits per heavy atom. The molecule has 0 aromatic carbocycles. The molecule has 0 fully saturated rings. The Morgan fingerprint density at radius 3 is 3.00 bits per heavy atom. The quantitative estimate of drug-likeness (QED) is 0.715. The number of rotatable bonds is 3. The first-order chi connectivity index (χ1) is 6.83. The third-order valence-electron chi connectivity index (χ3n) is 1.83. The second-order valence-corrected chi connectivity index (χ2v) is 3.49. The molecule has 0 saturated heterocycles. The lowest BCUT2D eigenvalue weighted by Crippen LogP contribution is -2.10. The first-order valence-corrected chi connectivity index (χ1v) is 4.86. The van der Waals surface area contributed by atoms with Gasteiger partial charge in [0.1, 0.15) is 0 Å². The zero-order valence-electron chi connectivity index (χ0n) is 7.36. The number of nitrogens with zero attached hydrogens (tertiary/aromatic N) is 5. The van der Waals surface area contributed by atoms with E-state index in [-0.39, 0.29) is 0 Å². The zero-order chi connectivity index (χ0) is 9.97. The smallest absolute Gasteiger partial charge is 0.197 e. The highest BCUT2D eigenvalue weighted by Gasteiger charge is 2.17. The molecule has 0 amide bonds. The van der Waals surface area contributed by atoms with Gasteiger partial charge in [-0.05, 0) is 39.4 Å². The molecule has 6 nitrogen and oxygen atoms in total. The summed E-state index contributed by atoms with van der Waals surface area (Å²) >= 11 is 1.51. The van der Waals surface area contributed by atoms with E-state index in [1.54, 1.807) is 6.92 Å². The predicted octanol–water partition coefficient (Wildman–Crippen LogP) is 1.36. The summed E-state index contributed by atoms with van der Waals surface area (Å²) < 4.78 is 1.40. The van der Waals surface area contributed by atoms with E-state index in [0.717, 1.165) is 5.56 Å². The molecule has 0 saturated carbocycles. The second kappa shape index (κ2) is 3.62. The molecular formula is C7H7N5OS. The number of nitroso groups, excluding NO2 is 1. The van der Waals surface area contributed by atoms with Crippen LogP contribution in [0.4, 0.5) is 0 Å². The molecular weight excluding hydrogens is 202 g/mol. The molecule has 0 radical (unpaired) electrons. The minimum absolute atomic E-state index is 0.570. The Labute approximate surface area is 83.5 Å². The molecule has 1 unspecified atom stereocenters. The Bertz CT molecular complexity index is 423. The largest absolute Gasteiger partial charge is 0.212 e. The van der Waals surface area contributed by atoms with E-state index in [9.17, 15) is 4.91 Å². The fourth-order valence-electron chi connectivity index (χ4n) is 1.13. The molecule has 0 spiro atoms. The lowest BCUT2D eigenvalue weighted by molar-refractivity contribution is 0.511. The van der Waals surface area contributed by atoms with Crippen LogP contribution >= 0.6 is 11.3 Å². The van der Waals surface area contributed by atoms with Gasteiger partial charge in [-0.3, -0.25) is 0 Å². The summed E-state index contributed by atoms with van der Waals surface area (Å²) in [6.07, 6.45) is -0.656. The van der Waals surface area contributed by atoms with E-state index < -0.39 is 6.17 Å². The maximum absolute atomic E-state index is 10.7. The molecule has 0 aliphatic rings. The van der Waals surface area contributed by atoms with Crippen LogP contribution < -0.4 is 0 Å². The van der Waals surface area contributed by atoms with Crippen LogP contribution in [-0.2, 0) is 0 Å². The van der Waals surface area contributed by atoms with E-state index in [4.69, 9.17) is 0 Å². The summed E-state index contributed by atoms with van der Waals surface area (Å²) in [7, 11) is 0. The maximum Gasteiger partial charge on any atom is 0.212 e. The number of hydrogen-bond donors (Lipinski definition) is 0. The van der Waals surface area contributed by atoms with Crippen molar-refractivity contribution in [3.8, 4) is 0 Å². The molecule has 72 valence electrons. The van der Waals surface area contributed by atoms with E-state index >= 15 is 0 Å². The molecule has 2 rings (SSSR count). The van der Waals surface area contributed by atoms with Gasteiger partial charge in [-0.15, -0.1) is 10.0 Å². The molecule has 7 heteroatoms. The van der Waals surface area contributed by atoms with Gasteiger partial charge in [-0.25, -0.2) is 0 Å². The van der Waals surface area contributed by atoms with Crippen molar-refractivity contribution >= 4 is 11.3 Å². The normalized spacial score (nSPS) is 12.6. The van der Waals surface area contributed by atoms with Crippen LogP contribution in [-0.4, -0.2) is 20.2 Å². The molecule has 0 aliphatic carbocycles. The van der Waals surface area contributed by atoms with E-state index in [2.05, 4.69) is 20.7 Å². The van der Waals surface area contributed by atoms with Crippen LogP contribution in [0.2, 0.25) is 0 Å². The number of tetrazole rings is 1. The van der Waals surface area contributed by atoms with Gasteiger partial charge in [0, 0.05) is 5.56 Å². The Kier molecular flexibility index (Phi) is 2.32. The van der Waals surface area contributed by atoms with Gasteiger partial charge in [0.15, 0.2) is 5.82 Å². The maximum atomic E-state index is 10.7. The predicted molar refractivity (Wildman–Crippen MR) is 50.8 cm³/mol. The summed E-state index contributed by atoms with van der Waals surface area (Å²) in [5.74, 6) is 0.570. The van der Waals surface area contributed by atoms with Crippen molar-refractivity contribution in [1.29, 1.82) is 0 Å². The van der Waals surface area contributed by atoms with Crippen molar-refractivity contribution in [3.63, 3.8) is 0 Å². The highest BCUT2D eigenvalue weighted by Crippen LogP contribution is 2.21. The number of aromatic nitrogens is 4. The molecule has 14 heavy (non-hydrogen) atoms. The van der Waals surface area contributed by atoms with Gasteiger partial charge in [0.05, 0.1) is 0 Å².